The lowest BCUT2D eigenvalue weighted by Crippen LogP contribution is -2.66. The topological polar surface area (TPSA) is 9.23 Å². The second-order valence-corrected chi connectivity index (χ2v) is 5.09. The standard InChI is InChI=1S/C10H16F6O/c1-6(2)17-8(7(3,4)5,9(11,12)13)10(14,15)16/h6H,1-5H3. The highest BCUT2D eigenvalue weighted by molar-refractivity contribution is 5.04. The van der Waals surface area contributed by atoms with E-state index in [0.717, 1.165) is 34.6 Å². The Bertz CT molecular complexity index is 221. The summed E-state index contributed by atoms with van der Waals surface area (Å²) in [6, 6.07) is 0. The van der Waals surface area contributed by atoms with E-state index in [9.17, 15) is 26.3 Å². The molecule has 0 aliphatic carbocycles. The Labute approximate surface area is 96.1 Å². The van der Waals surface area contributed by atoms with Crippen LogP contribution in [-0.4, -0.2) is 24.1 Å². The second-order valence-electron chi connectivity index (χ2n) is 5.09. The van der Waals surface area contributed by atoms with Crippen molar-refractivity contribution in [2.45, 2.75) is 58.7 Å². The predicted octanol–water partition coefficient (Wildman–Crippen LogP) is 4.32. The van der Waals surface area contributed by atoms with Crippen LogP contribution < -0.4 is 0 Å². The van der Waals surface area contributed by atoms with Gasteiger partial charge in [-0.3, -0.25) is 0 Å². The smallest absolute Gasteiger partial charge is 0.355 e. The van der Waals surface area contributed by atoms with Crippen LogP contribution in [0.5, 0.6) is 0 Å². The third-order valence-electron chi connectivity index (χ3n) is 2.27. The molecule has 17 heavy (non-hydrogen) atoms. The van der Waals surface area contributed by atoms with Crippen molar-refractivity contribution in [1.82, 2.24) is 0 Å². The molecule has 0 aromatic carbocycles. The van der Waals surface area contributed by atoms with Crippen molar-refractivity contribution in [2.75, 3.05) is 0 Å². The van der Waals surface area contributed by atoms with Gasteiger partial charge in [0.05, 0.1) is 6.10 Å². The third kappa shape index (κ3) is 2.86. The molecule has 0 heterocycles. The molecule has 7 heteroatoms. The lowest BCUT2D eigenvalue weighted by atomic mass is 9.74. The monoisotopic (exact) mass is 266 g/mol. The molecule has 0 spiro atoms. The summed E-state index contributed by atoms with van der Waals surface area (Å²) in [6.07, 6.45) is -12.3. The van der Waals surface area contributed by atoms with Gasteiger partial charge in [0.15, 0.2) is 0 Å². The Kier molecular flexibility index (Phi) is 4.21. The zero-order valence-corrected chi connectivity index (χ0v) is 10.3. The van der Waals surface area contributed by atoms with Gasteiger partial charge in [-0.1, -0.05) is 20.8 Å². The van der Waals surface area contributed by atoms with Crippen LogP contribution in [0, 0.1) is 5.41 Å². The van der Waals surface area contributed by atoms with E-state index >= 15 is 0 Å². The SMILES string of the molecule is CC(C)OC(C(C)(C)C)(C(F)(F)F)C(F)(F)F. The number of rotatable bonds is 2. The fourth-order valence-electron chi connectivity index (χ4n) is 1.68. The van der Waals surface area contributed by atoms with Gasteiger partial charge in [0.1, 0.15) is 0 Å². The zero-order chi connectivity index (χ0) is 14.3. The van der Waals surface area contributed by atoms with Crippen LogP contribution in [0.3, 0.4) is 0 Å². The summed E-state index contributed by atoms with van der Waals surface area (Å²) in [5.41, 5.74) is -6.32. The van der Waals surface area contributed by atoms with Crippen molar-refractivity contribution in [3.05, 3.63) is 0 Å². The lowest BCUT2D eigenvalue weighted by molar-refractivity contribution is -0.416. The van der Waals surface area contributed by atoms with Crippen LogP contribution in [-0.2, 0) is 4.74 Å². The first kappa shape index (κ1) is 16.5. The van der Waals surface area contributed by atoms with E-state index in [-0.39, 0.29) is 0 Å². The van der Waals surface area contributed by atoms with Crippen molar-refractivity contribution >= 4 is 0 Å². The maximum atomic E-state index is 12.9. The molecule has 0 aliphatic rings. The van der Waals surface area contributed by atoms with E-state index in [1.165, 1.54) is 0 Å². The summed E-state index contributed by atoms with van der Waals surface area (Å²) < 4.78 is 81.6. The third-order valence-corrected chi connectivity index (χ3v) is 2.27. The molecule has 0 bridgehead atoms. The summed E-state index contributed by atoms with van der Waals surface area (Å²) in [6.45, 7) is 4.85. The average Bonchev–Trinajstić information content (AvgIpc) is 1.91. The number of hydrogen-bond donors (Lipinski definition) is 0. The normalized spacial score (nSPS) is 15.5. The summed E-state index contributed by atoms with van der Waals surface area (Å²) in [5, 5.41) is 0. The van der Waals surface area contributed by atoms with Gasteiger partial charge in [0, 0.05) is 5.41 Å². The molecular formula is C10H16F6O. The van der Waals surface area contributed by atoms with Gasteiger partial charge in [-0.05, 0) is 13.8 Å². The van der Waals surface area contributed by atoms with Gasteiger partial charge in [-0.25, -0.2) is 0 Å². The molecule has 0 aromatic rings. The molecule has 104 valence electrons. The Morgan fingerprint density at radius 3 is 1.12 bits per heavy atom. The molecule has 0 amide bonds. The first-order valence-corrected chi connectivity index (χ1v) is 4.98. The van der Waals surface area contributed by atoms with Crippen molar-refractivity contribution < 1.29 is 31.1 Å². The Balaban J connectivity index is 5.93. The van der Waals surface area contributed by atoms with Crippen LogP contribution in [0.15, 0.2) is 0 Å². The predicted molar refractivity (Wildman–Crippen MR) is 50.5 cm³/mol. The van der Waals surface area contributed by atoms with Gasteiger partial charge in [0.25, 0.3) is 5.60 Å². The molecular weight excluding hydrogens is 250 g/mol. The Morgan fingerprint density at radius 2 is 1.06 bits per heavy atom. The van der Waals surface area contributed by atoms with E-state index in [0.29, 0.717) is 0 Å². The fourth-order valence-corrected chi connectivity index (χ4v) is 1.68. The van der Waals surface area contributed by atoms with Gasteiger partial charge in [-0.2, -0.15) is 26.3 Å². The van der Waals surface area contributed by atoms with Crippen molar-refractivity contribution in [1.29, 1.82) is 0 Å². The van der Waals surface area contributed by atoms with E-state index < -0.39 is 29.5 Å². The van der Waals surface area contributed by atoms with Crippen LogP contribution in [0.2, 0.25) is 0 Å². The van der Waals surface area contributed by atoms with E-state index in [2.05, 4.69) is 4.74 Å². The largest absolute Gasteiger partial charge is 0.427 e. The minimum absolute atomic E-state index is 0.857. The maximum Gasteiger partial charge on any atom is 0.427 e. The summed E-state index contributed by atoms with van der Waals surface area (Å²) >= 11 is 0. The molecule has 0 saturated carbocycles. The number of halogens is 6. The molecule has 0 saturated heterocycles. The van der Waals surface area contributed by atoms with Crippen molar-refractivity contribution in [3.8, 4) is 0 Å². The lowest BCUT2D eigenvalue weighted by Gasteiger charge is -2.46. The van der Waals surface area contributed by atoms with E-state index in [4.69, 9.17) is 0 Å². The molecule has 0 atom stereocenters. The van der Waals surface area contributed by atoms with Crippen molar-refractivity contribution in [3.63, 3.8) is 0 Å². The first-order valence-electron chi connectivity index (χ1n) is 4.98. The van der Waals surface area contributed by atoms with Gasteiger partial charge in [0.2, 0.25) is 0 Å². The molecule has 0 unspecified atom stereocenters. The summed E-state index contributed by atoms with van der Waals surface area (Å²) in [5.74, 6) is 0. The first-order chi connectivity index (χ1) is 7.17. The molecule has 0 aliphatic heterocycles. The molecule has 0 N–H and O–H groups in total. The molecule has 1 nitrogen and oxygen atoms in total. The number of hydrogen-bond acceptors (Lipinski definition) is 1. The highest BCUT2D eigenvalue weighted by Gasteiger charge is 2.77. The maximum absolute atomic E-state index is 12.9. The average molecular weight is 266 g/mol. The van der Waals surface area contributed by atoms with Crippen LogP contribution in [0.4, 0.5) is 26.3 Å². The highest BCUT2D eigenvalue weighted by Crippen LogP contribution is 2.55. The number of ether oxygens (including phenoxy) is 1. The van der Waals surface area contributed by atoms with E-state index in [1.54, 1.807) is 0 Å². The molecule has 0 aromatic heterocycles. The zero-order valence-electron chi connectivity index (χ0n) is 10.3. The van der Waals surface area contributed by atoms with Crippen LogP contribution in [0.1, 0.15) is 34.6 Å². The fraction of sp³-hybridized carbons (Fsp3) is 1.00. The Hall–Kier alpha value is -0.460. The second kappa shape index (κ2) is 4.33. The van der Waals surface area contributed by atoms with Crippen LogP contribution >= 0.6 is 0 Å². The summed E-state index contributed by atoms with van der Waals surface area (Å²) in [7, 11) is 0. The quantitative estimate of drug-likeness (QED) is 0.676. The van der Waals surface area contributed by atoms with Crippen molar-refractivity contribution in [2.24, 2.45) is 5.41 Å². The van der Waals surface area contributed by atoms with Crippen LogP contribution in [0.25, 0.3) is 0 Å². The minimum atomic E-state index is -5.53. The van der Waals surface area contributed by atoms with Gasteiger partial charge < -0.3 is 4.74 Å². The van der Waals surface area contributed by atoms with Gasteiger partial charge >= 0.3 is 12.4 Å². The summed E-state index contributed by atoms with van der Waals surface area (Å²) in [4.78, 5) is 0. The number of alkyl halides is 6. The molecule has 0 radical (unpaired) electrons. The Morgan fingerprint density at radius 1 is 0.765 bits per heavy atom. The molecule has 0 fully saturated rings. The minimum Gasteiger partial charge on any atom is -0.355 e. The highest BCUT2D eigenvalue weighted by atomic mass is 19.4. The molecule has 0 rings (SSSR count). The van der Waals surface area contributed by atoms with E-state index in [1.807, 2.05) is 0 Å². The van der Waals surface area contributed by atoms with Gasteiger partial charge in [-0.15, -0.1) is 0 Å².